The lowest BCUT2D eigenvalue weighted by molar-refractivity contribution is -0.141. The van der Waals surface area contributed by atoms with Crippen molar-refractivity contribution in [3.8, 4) is 0 Å². The zero-order chi connectivity index (χ0) is 13.2. The monoisotopic (exact) mass is 248 g/mol. The third-order valence-corrected chi connectivity index (χ3v) is 2.57. The Labute approximate surface area is 97.5 Å². The van der Waals surface area contributed by atoms with Crippen molar-refractivity contribution in [1.82, 2.24) is 10.2 Å². The molecule has 1 saturated heterocycles. The molecule has 1 aliphatic rings. The standard InChI is InChI=1S/C9H16N2O6/c1-4(12)7(8(15)16)10-9(17)11-2-5(13)6(14)3-11/h4-7,12-14H,2-3H2,1H3,(H,10,17)(H,15,16)/t4-,5?,6?,7+/m1/s1. The van der Waals surface area contributed by atoms with Crippen LogP contribution in [0.4, 0.5) is 4.79 Å². The molecule has 2 unspecified atom stereocenters. The predicted octanol–water partition coefficient (Wildman–Crippen LogP) is -2.43. The third-order valence-electron chi connectivity index (χ3n) is 2.57. The zero-order valence-electron chi connectivity index (χ0n) is 9.28. The fourth-order valence-electron chi connectivity index (χ4n) is 1.55. The summed E-state index contributed by atoms with van der Waals surface area (Å²) in [4.78, 5) is 23.4. The van der Waals surface area contributed by atoms with Crippen LogP contribution in [-0.2, 0) is 4.79 Å². The number of carboxylic acid groups (broad SMARTS) is 1. The first-order valence-corrected chi connectivity index (χ1v) is 5.15. The predicted molar refractivity (Wildman–Crippen MR) is 55.2 cm³/mol. The molecular weight excluding hydrogens is 232 g/mol. The fourth-order valence-corrected chi connectivity index (χ4v) is 1.55. The Kier molecular flexibility index (Phi) is 4.27. The number of likely N-dealkylation sites (tertiary alicyclic amines) is 1. The molecule has 4 atom stereocenters. The molecule has 0 aliphatic carbocycles. The molecule has 1 aliphatic heterocycles. The summed E-state index contributed by atoms with van der Waals surface area (Å²) in [5, 5.41) is 38.5. The first kappa shape index (κ1) is 13.7. The smallest absolute Gasteiger partial charge is 0.328 e. The van der Waals surface area contributed by atoms with E-state index >= 15 is 0 Å². The van der Waals surface area contributed by atoms with E-state index in [0.29, 0.717) is 0 Å². The van der Waals surface area contributed by atoms with Crippen molar-refractivity contribution in [1.29, 1.82) is 0 Å². The van der Waals surface area contributed by atoms with Gasteiger partial charge in [0.1, 0.15) is 0 Å². The van der Waals surface area contributed by atoms with Crippen LogP contribution in [0, 0.1) is 0 Å². The van der Waals surface area contributed by atoms with Gasteiger partial charge in [-0.3, -0.25) is 0 Å². The summed E-state index contributed by atoms with van der Waals surface area (Å²) in [6, 6.07) is -2.16. The van der Waals surface area contributed by atoms with Gasteiger partial charge in [-0.25, -0.2) is 9.59 Å². The number of hydrogen-bond donors (Lipinski definition) is 5. The van der Waals surface area contributed by atoms with Crippen LogP contribution in [0.25, 0.3) is 0 Å². The summed E-state index contributed by atoms with van der Waals surface area (Å²) in [5.74, 6) is -1.35. The van der Waals surface area contributed by atoms with Gasteiger partial charge in [0, 0.05) is 0 Å². The molecule has 2 amide bonds. The minimum atomic E-state index is -1.42. The number of nitrogens with zero attached hydrogens (tertiary/aromatic N) is 1. The summed E-state index contributed by atoms with van der Waals surface area (Å²) in [6.45, 7) is 1.10. The van der Waals surface area contributed by atoms with Crippen molar-refractivity contribution in [2.45, 2.75) is 31.3 Å². The quantitative estimate of drug-likeness (QED) is 0.377. The van der Waals surface area contributed by atoms with E-state index in [1.165, 1.54) is 6.92 Å². The first-order chi connectivity index (χ1) is 7.82. The molecule has 1 heterocycles. The molecule has 0 saturated carbocycles. The summed E-state index contributed by atoms with van der Waals surface area (Å²) in [5.41, 5.74) is 0. The molecule has 1 rings (SSSR count). The van der Waals surface area contributed by atoms with Crippen molar-refractivity contribution in [3.05, 3.63) is 0 Å². The second kappa shape index (κ2) is 5.30. The van der Waals surface area contributed by atoms with Gasteiger partial charge in [-0.1, -0.05) is 0 Å². The molecule has 17 heavy (non-hydrogen) atoms. The van der Waals surface area contributed by atoms with Crippen LogP contribution in [-0.4, -0.2) is 74.8 Å². The summed E-state index contributed by atoms with van der Waals surface area (Å²) in [6.07, 6.45) is -3.31. The van der Waals surface area contributed by atoms with Crippen molar-refractivity contribution >= 4 is 12.0 Å². The average molecular weight is 248 g/mol. The molecule has 8 nitrogen and oxygen atoms in total. The Hall–Kier alpha value is -1.38. The normalized spacial score (nSPS) is 27.6. The number of β-amino-alcohol motifs (C(OH)–C–C–N with tert-alkyl or cyclic N) is 2. The molecule has 0 aromatic rings. The van der Waals surface area contributed by atoms with Gasteiger partial charge in [0.25, 0.3) is 0 Å². The van der Waals surface area contributed by atoms with E-state index < -0.39 is 36.4 Å². The van der Waals surface area contributed by atoms with Gasteiger partial charge in [-0.2, -0.15) is 0 Å². The minimum absolute atomic E-state index is 0.0703. The molecular formula is C9H16N2O6. The van der Waals surface area contributed by atoms with Crippen molar-refractivity contribution in [2.24, 2.45) is 0 Å². The Bertz CT molecular complexity index is 298. The average Bonchev–Trinajstić information content (AvgIpc) is 2.54. The van der Waals surface area contributed by atoms with E-state index in [-0.39, 0.29) is 13.1 Å². The van der Waals surface area contributed by atoms with Gasteiger partial charge in [-0.15, -0.1) is 0 Å². The van der Waals surface area contributed by atoms with E-state index in [2.05, 4.69) is 5.32 Å². The van der Waals surface area contributed by atoms with Crippen LogP contribution < -0.4 is 5.32 Å². The lowest BCUT2D eigenvalue weighted by Gasteiger charge is -2.22. The van der Waals surface area contributed by atoms with Crippen molar-refractivity contribution < 1.29 is 30.0 Å². The highest BCUT2D eigenvalue weighted by Gasteiger charge is 2.35. The Morgan fingerprint density at radius 2 is 1.76 bits per heavy atom. The van der Waals surface area contributed by atoms with Crippen LogP contribution in [0.15, 0.2) is 0 Å². The number of rotatable bonds is 3. The molecule has 0 radical (unpaired) electrons. The Balaban J connectivity index is 2.57. The molecule has 0 spiro atoms. The summed E-state index contributed by atoms with van der Waals surface area (Å²) < 4.78 is 0. The van der Waals surface area contributed by atoms with Crippen LogP contribution in [0.5, 0.6) is 0 Å². The fraction of sp³-hybridized carbons (Fsp3) is 0.778. The highest BCUT2D eigenvalue weighted by Crippen LogP contribution is 2.10. The lowest BCUT2D eigenvalue weighted by atomic mass is 10.2. The number of amides is 2. The maximum atomic E-state index is 11.6. The van der Waals surface area contributed by atoms with Crippen LogP contribution in [0.1, 0.15) is 6.92 Å². The number of aliphatic carboxylic acids is 1. The SMILES string of the molecule is C[C@@H](O)[C@H](NC(=O)N1CC(O)C(O)C1)C(=O)O. The Morgan fingerprint density at radius 1 is 1.29 bits per heavy atom. The molecule has 0 aromatic carbocycles. The molecule has 8 heteroatoms. The van der Waals surface area contributed by atoms with E-state index in [1.807, 2.05) is 0 Å². The number of urea groups is 1. The molecule has 1 fully saturated rings. The highest BCUT2D eigenvalue weighted by molar-refractivity contribution is 5.83. The number of aliphatic hydroxyl groups excluding tert-OH is 3. The number of aliphatic hydroxyl groups is 3. The van der Waals surface area contributed by atoms with Gasteiger partial charge < -0.3 is 30.6 Å². The number of carbonyl (C=O) groups is 2. The van der Waals surface area contributed by atoms with Crippen LogP contribution >= 0.6 is 0 Å². The van der Waals surface area contributed by atoms with E-state index in [0.717, 1.165) is 4.90 Å². The molecule has 0 bridgehead atoms. The molecule has 0 aromatic heterocycles. The van der Waals surface area contributed by atoms with Crippen molar-refractivity contribution in [3.63, 3.8) is 0 Å². The zero-order valence-corrected chi connectivity index (χ0v) is 9.28. The van der Waals surface area contributed by atoms with Gasteiger partial charge >= 0.3 is 12.0 Å². The van der Waals surface area contributed by atoms with E-state index in [4.69, 9.17) is 10.2 Å². The van der Waals surface area contributed by atoms with Gasteiger partial charge in [0.05, 0.1) is 31.4 Å². The van der Waals surface area contributed by atoms with Gasteiger partial charge in [-0.05, 0) is 6.92 Å². The van der Waals surface area contributed by atoms with E-state index in [9.17, 15) is 19.8 Å². The number of carbonyl (C=O) groups excluding carboxylic acids is 1. The first-order valence-electron chi connectivity index (χ1n) is 5.15. The number of carboxylic acids is 1. The lowest BCUT2D eigenvalue weighted by Crippen LogP contribution is -2.52. The van der Waals surface area contributed by atoms with Gasteiger partial charge in [0.2, 0.25) is 0 Å². The number of hydrogen-bond acceptors (Lipinski definition) is 5. The molecule has 98 valence electrons. The maximum Gasteiger partial charge on any atom is 0.328 e. The second-order valence-corrected chi connectivity index (χ2v) is 4.05. The van der Waals surface area contributed by atoms with E-state index in [1.54, 1.807) is 0 Å². The topological polar surface area (TPSA) is 130 Å². The van der Waals surface area contributed by atoms with Crippen molar-refractivity contribution in [2.75, 3.05) is 13.1 Å². The number of nitrogens with one attached hydrogen (secondary N) is 1. The largest absolute Gasteiger partial charge is 0.480 e. The third kappa shape index (κ3) is 3.29. The summed E-state index contributed by atoms with van der Waals surface area (Å²) >= 11 is 0. The Morgan fingerprint density at radius 3 is 2.12 bits per heavy atom. The minimum Gasteiger partial charge on any atom is -0.480 e. The van der Waals surface area contributed by atoms with Gasteiger partial charge in [0.15, 0.2) is 6.04 Å². The molecule has 5 N–H and O–H groups in total. The summed E-state index contributed by atoms with van der Waals surface area (Å²) in [7, 11) is 0. The second-order valence-electron chi connectivity index (χ2n) is 4.05. The maximum absolute atomic E-state index is 11.6. The van der Waals surface area contributed by atoms with Crippen LogP contribution in [0.2, 0.25) is 0 Å². The van der Waals surface area contributed by atoms with Crippen LogP contribution in [0.3, 0.4) is 0 Å². The highest BCUT2D eigenvalue weighted by atomic mass is 16.4.